The van der Waals surface area contributed by atoms with Crippen LogP contribution < -0.4 is 10.0 Å². The molecule has 0 heterocycles. The number of nitrogens with one attached hydrogen (secondary N) is 2. The molecule has 0 unspecified atom stereocenters. The highest BCUT2D eigenvalue weighted by atomic mass is 32.2. The Morgan fingerprint density at radius 1 is 0.875 bits per heavy atom. The zero-order valence-electron chi connectivity index (χ0n) is 17.5. The summed E-state index contributed by atoms with van der Waals surface area (Å²) in [6.45, 7) is 5.27. The van der Waals surface area contributed by atoms with Gasteiger partial charge >= 0.3 is 6.18 Å². The maximum Gasteiger partial charge on any atom is 0.416 e. The van der Waals surface area contributed by atoms with Gasteiger partial charge in [0.15, 0.2) is 0 Å². The van der Waals surface area contributed by atoms with Gasteiger partial charge < -0.3 is 5.32 Å². The minimum Gasteiger partial charge on any atom is -0.322 e. The Morgan fingerprint density at radius 3 is 2.25 bits per heavy atom. The van der Waals surface area contributed by atoms with Crippen molar-refractivity contribution < 1.29 is 26.4 Å². The number of carbonyl (C=O) groups excluding carboxylic acids is 1. The summed E-state index contributed by atoms with van der Waals surface area (Å²) in [7, 11) is -4.00. The van der Waals surface area contributed by atoms with Gasteiger partial charge in [-0.15, -0.1) is 0 Å². The number of halogens is 3. The number of hydrogen-bond donors (Lipinski definition) is 2. The molecule has 5 nitrogen and oxygen atoms in total. The van der Waals surface area contributed by atoms with Crippen LogP contribution in [0.1, 0.15) is 32.6 Å². The third-order valence-corrected chi connectivity index (χ3v) is 6.20. The van der Waals surface area contributed by atoms with Gasteiger partial charge in [-0.2, -0.15) is 13.2 Å². The fraction of sp³-hybridized carbons (Fsp3) is 0.174. The minimum atomic E-state index is -4.55. The Kier molecular flexibility index (Phi) is 6.32. The highest BCUT2D eigenvalue weighted by molar-refractivity contribution is 7.92. The second-order valence-electron chi connectivity index (χ2n) is 7.43. The monoisotopic (exact) mass is 462 g/mol. The topological polar surface area (TPSA) is 75.3 Å². The van der Waals surface area contributed by atoms with Crippen molar-refractivity contribution in [3.63, 3.8) is 0 Å². The summed E-state index contributed by atoms with van der Waals surface area (Å²) < 4.78 is 67.0. The van der Waals surface area contributed by atoms with E-state index in [1.807, 2.05) is 13.0 Å². The quantitative estimate of drug-likeness (QED) is 0.512. The Bertz CT molecular complexity index is 1290. The van der Waals surface area contributed by atoms with Crippen LogP contribution >= 0.6 is 0 Å². The Balaban J connectivity index is 1.89. The molecular weight excluding hydrogens is 441 g/mol. The van der Waals surface area contributed by atoms with E-state index < -0.39 is 27.7 Å². The second-order valence-corrected chi connectivity index (χ2v) is 9.12. The second kappa shape index (κ2) is 8.66. The lowest BCUT2D eigenvalue weighted by Crippen LogP contribution is -2.17. The van der Waals surface area contributed by atoms with E-state index in [4.69, 9.17) is 0 Å². The van der Waals surface area contributed by atoms with Crippen molar-refractivity contribution >= 4 is 27.3 Å². The van der Waals surface area contributed by atoms with Crippen molar-refractivity contribution in [2.24, 2.45) is 0 Å². The van der Waals surface area contributed by atoms with Gasteiger partial charge in [0.1, 0.15) is 0 Å². The van der Waals surface area contributed by atoms with E-state index >= 15 is 0 Å². The van der Waals surface area contributed by atoms with E-state index in [1.165, 1.54) is 30.3 Å². The lowest BCUT2D eigenvalue weighted by Gasteiger charge is -2.14. The van der Waals surface area contributed by atoms with Crippen LogP contribution in [0, 0.1) is 20.8 Å². The lowest BCUT2D eigenvalue weighted by atomic mass is 10.1. The van der Waals surface area contributed by atoms with Gasteiger partial charge in [-0.25, -0.2) is 8.42 Å². The molecule has 0 bridgehead atoms. The molecule has 0 saturated carbocycles. The zero-order valence-corrected chi connectivity index (χ0v) is 18.4. The number of benzene rings is 3. The molecule has 3 rings (SSSR count). The number of anilines is 2. The SMILES string of the molecule is Cc1ccc(NS(=O)(=O)c2ccc(C)c(C(=O)Nc3cccc(C(F)(F)F)c3)c2)c(C)c1. The molecular formula is C23H21F3N2O3S. The first kappa shape index (κ1) is 23.3. The number of amides is 1. The van der Waals surface area contributed by atoms with Crippen LogP contribution in [0.5, 0.6) is 0 Å². The van der Waals surface area contributed by atoms with Crippen molar-refractivity contribution in [3.8, 4) is 0 Å². The molecule has 0 aliphatic carbocycles. The number of alkyl halides is 3. The molecule has 168 valence electrons. The van der Waals surface area contributed by atoms with E-state index in [0.29, 0.717) is 11.3 Å². The fourth-order valence-corrected chi connectivity index (χ4v) is 4.27. The Morgan fingerprint density at radius 2 is 1.59 bits per heavy atom. The van der Waals surface area contributed by atoms with E-state index in [-0.39, 0.29) is 16.1 Å². The van der Waals surface area contributed by atoms with Gasteiger partial charge in [0.05, 0.1) is 16.1 Å². The summed E-state index contributed by atoms with van der Waals surface area (Å²) in [4.78, 5) is 12.6. The van der Waals surface area contributed by atoms with Crippen molar-refractivity contribution in [3.05, 3.63) is 88.5 Å². The van der Waals surface area contributed by atoms with Crippen molar-refractivity contribution in [2.75, 3.05) is 10.0 Å². The van der Waals surface area contributed by atoms with Crippen LogP contribution in [0.25, 0.3) is 0 Å². The van der Waals surface area contributed by atoms with Gasteiger partial charge in [-0.3, -0.25) is 9.52 Å². The van der Waals surface area contributed by atoms with Crippen LogP contribution in [-0.4, -0.2) is 14.3 Å². The standard InChI is InChI=1S/C23H21F3N2O3S/c1-14-7-10-21(16(3)11-14)28-32(30,31)19-9-8-15(2)20(13-19)22(29)27-18-6-4-5-17(12-18)23(24,25)26/h4-13,28H,1-3H3,(H,27,29). The van der Waals surface area contributed by atoms with Crippen LogP contribution in [0.2, 0.25) is 0 Å². The molecule has 3 aromatic carbocycles. The molecule has 0 aliphatic rings. The summed E-state index contributed by atoms with van der Waals surface area (Å²) >= 11 is 0. The van der Waals surface area contributed by atoms with Gasteiger partial charge in [-0.05, 0) is 68.3 Å². The zero-order chi connectivity index (χ0) is 23.7. The predicted molar refractivity (Wildman–Crippen MR) is 117 cm³/mol. The smallest absolute Gasteiger partial charge is 0.322 e. The minimum absolute atomic E-state index is 0.0333. The molecule has 32 heavy (non-hydrogen) atoms. The Hall–Kier alpha value is -3.33. The molecule has 0 aliphatic heterocycles. The molecule has 0 spiro atoms. The summed E-state index contributed by atoms with van der Waals surface area (Å²) in [5.41, 5.74) is 1.68. The van der Waals surface area contributed by atoms with E-state index in [1.54, 1.807) is 26.0 Å². The summed E-state index contributed by atoms with van der Waals surface area (Å²) in [6, 6.07) is 13.5. The van der Waals surface area contributed by atoms with Crippen LogP contribution in [0.4, 0.5) is 24.5 Å². The maximum absolute atomic E-state index is 12.9. The number of rotatable bonds is 5. The van der Waals surface area contributed by atoms with E-state index in [0.717, 1.165) is 23.3 Å². The third-order valence-electron chi connectivity index (χ3n) is 4.84. The highest BCUT2D eigenvalue weighted by Gasteiger charge is 2.30. The van der Waals surface area contributed by atoms with Crippen LogP contribution in [0.3, 0.4) is 0 Å². The number of aryl methyl sites for hydroxylation is 3. The average Bonchev–Trinajstić information content (AvgIpc) is 2.70. The molecule has 0 aromatic heterocycles. The van der Waals surface area contributed by atoms with Crippen LogP contribution in [-0.2, 0) is 16.2 Å². The maximum atomic E-state index is 12.9. The molecule has 2 N–H and O–H groups in total. The van der Waals surface area contributed by atoms with Gasteiger partial charge in [0.2, 0.25) is 0 Å². The number of carbonyl (C=O) groups is 1. The number of sulfonamides is 1. The van der Waals surface area contributed by atoms with Crippen molar-refractivity contribution in [1.29, 1.82) is 0 Å². The largest absolute Gasteiger partial charge is 0.416 e. The van der Waals surface area contributed by atoms with Crippen LogP contribution in [0.15, 0.2) is 65.6 Å². The summed E-state index contributed by atoms with van der Waals surface area (Å²) in [5, 5.41) is 2.40. The van der Waals surface area contributed by atoms with Gasteiger partial charge in [-0.1, -0.05) is 29.8 Å². The van der Waals surface area contributed by atoms with Gasteiger partial charge in [0, 0.05) is 11.3 Å². The molecule has 9 heteroatoms. The summed E-state index contributed by atoms with van der Waals surface area (Å²) in [6.07, 6.45) is -4.55. The average molecular weight is 462 g/mol. The van der Waals surface area contributed by atoms with E-state index in [2.05, 4.69) is 10.0 Å². The molecule has 0 radical (unpaired) electrons. The van der Waals surface area contributed by atoms with Crippen molar-refractivity contribution in [1.82, 2.24) is 0 Å². The van der Waals surface area contributed by atoms with E-state index in [9.17, 15) is 26.4 Å². The highest BCUT2D eigenvalue weighted by Crippen LogP contribution is 2.31. The molecule has 3 aromatic rings. The first-order valence-electron chi connectivity index (χ1n) is 9.56. The third kappa shape index (κ3) is 5.28. The first-order valence-corrected chi connectivity index (χ1v) is 11.0. The molecule has 0 fully saturated rings. The normalized spacial score (nSPS) is 11.8. The summed E-state index contributed by atoms with van der Waals surface area (Å²) in [5.74, 6) is -0.717. The molecule has 0 saturated heterocycles. The number of hydrogen-bond acceptors (Lipinski definition) is 3. The lowest BCUT2D eigenvalue weighted by molar-refractivity contribution is -0.137. The van der Waals surface area contributed by atoms with Crippen molar-refractivity contribution in [2.45, 2.75) is 31.8 Å². The predicted octanol–water partition coefficient (Wildman–Crippen LogP) is 5.68. The molecule has 1 amide bonds. The van der Waals surface area contributed by atoms with Gasteiger partial charge in [0.25, 0.3) is 15.9 Å². The first-order chi connectivity index (χ1) is 14.9. The molecule has 0 atom stereocenters. The fourth-order valence-electron chi connectivity index (χ4n) is 3.12. The Labute approximate surface area is 184 Å².